The van der Waals surface area contributed by atoms with Crippen LogP contribution in [0.25, 0.3) is 0 Å². The number of nitriles is 1. The SMILES string of the molecule is COc1ccc(Cl)cc1NCC(=O)Nc1ccccc1C#N. The highest BCUT2D eigenvalue weighted by molar-refractivity contribution is 6.30. The zero-order valence-corrected chi connectivity index (χ0v) is 12.6. The highest BCUT2D eigenvalue weighted by Gasteiger charge is 2.08. The van der Waals surface area contributed by atoms with Crippen molar-refractivity contribution in [1.82, 2.24) is 0 Å². The fourth-order valence-corrected chi connectivity index (χ4v) is 2.05. The van der Waals surface area contributed by atoms with Crippen molar-refractivity contribution in [2.75, 3.05) is 24.3 Å². The predicted molar refractivity (Wildman–Crippen MR) is 86.3 cm³/mol. The molecule has 2 rings (SSSR count). The second kappa shape index (κ2) is 7.34. The minimum absolute atomic E-state index is 0.0243. The fourth-order valence-electron chi connectivity index (χ4n) is 1.88. The van der Waals surface area contributed by atoms with E-state index in [4.69, 9.17) is 21.6 Å². The highest BCUT2D eigenvalue weighted by atomic mass is 35.5. The third-order valence-electron chi connectivity index (χ3n) is 2.92. The van der Waals surface area contributed by atoms with E-state index >= 15 is 0 Å². The van der Waals surface area contributed by atoms with Crippen molar-refractivity contribution in [1.29, 1.82) is 5.26 Å². The molecule has 0 unspecified atom stereocenters. The Labute approximate surface area is 133 Å². The summed E-state index contributed by atoms with van der Waals surface area (Å²) in [5.41, 5.74) is 1.52. The van der Waals surface area contributed by atoms with Crippen LogP contribution in [0.3, 0.4) is 0 Å². The summed E-state index contributed by atoms with van der Waals surface area (Å²) in [5.74, 6) is 0.319. The average Bonchev–Trinajstić information content (AvgIpc) is 2.53. The maximum absolute atomic E-state index is 12.0. The van der Waals surface area contributed by atoms with Gasteiger partial charge in [0.25, 0.3) is 0 Å². The van der Waals surface area contributed by atoms with Crippen LogP contribution in [0.1, 0.15) is 5.56 Å². The maximum atomic E-state index is 12.0. The van der Waals surface area contributed by atoms with E-state index in [0.717, 1.165) is 0 Å². The van der Waals surface area contributed by atoms with Gasteiger partial charge in [0.05, 0.1) is 30.6 Å². The van der Waals surface area contributed by atoms with Gasteiger partial charge in [-0.1, -0.05) is 23.7 Å². The lowest BCUT2D eigenvalue weighted by molar-refractivity contribution is -0.114. The second-order valence-corrected chi connectivity index (χ2v) is 4.84. The molecule has 0 fully saturated rings. The number of amides is 1. The Balaban J connectivity index is 2.02. The molecule has 0 saturated carbocycles. The summed E-state index contributed by atoms with van der Waals surface area (Å²) in [6.45, 7) is 0.0243. The molecule has 0 bridgehead atoms. The summed E-state index contributed by atoms with van der Waals surface area (Å²) >= 11 is 5.93. The number of hydrogen-bond donors (Lipinski definition) is 2. The molecule has 112 valence electrons. The molecule has 0 saturated heterocycles. The largest absolute Gasteiger partial charge is 0.495 e. The van der Waals surface area contributed by atoms with Crippen molar-refractivity contribution < 1.29 is 9.53 Å². The summed E-state index contributed by atoms with van der Waals surface area (Å²) in [7, 11) is 1.54. The number of methoxy groups -OCH3 is 1. The number of carbonyl (C=O) groups is 1. The van der Waals surface area contributed by atoms with E-state index in [0.29, 0.717) is 27.7 Å². The van der Waals surface area contributed by atoms with Crippen molar-refractivity contribution >= 4 is 28.9 Å². The minimum atomic E-state index is -0.273. The number of benzene rings is 2. The van der Waals surface area contributed by atoms with Gasteiger partial charge in [0.1, 0.15) is 11.8 Å². The van der Waals surface area contributed by atoms with Gasteiger partial charge in [0.2, 0.25) is 5.91 Å². The molecule has 2 aromatic rings. The molecule has 0 atom stereocenters. The van der Waals surface area contributed by atoms with E-state index in [1.54, 1.807) is 42.5 Å². The van der Waals surface area contributed by atoms with E-state index in [1.807, 2.05) is 6.07 Å². The Morgan fingerprint density at radius 1 is 1.27 bits per heavy atom. The molecule has 0 aliphatic rings. The maximum Gasteiger partial charge on any atom is 0.243 e. The van der Waals surface area contributed by atoms with Gasteiger partial charge in [-0.05, 0) is 30.3 Å². The lowest BCUT2D eigenvalue weighted by Crippen LogP contribution is -2.22. The smallest absolute Gasteiger partial charge is 0.243 e. The van der Waals surface area contributed by atoms with Crippen LogP contribution < -0.4 is 15.4 Å². The van der Waals surface area contributed by atoms with Gasteiger partial charge in [0, 0.05) is 5.02 Å². The van der Waals surface area contributed by atoms with Crippen LogP contribution in [0.5, 0.6) is 5.75 Å². The predicted octanol–water partition coefficient (Wildman–Crippen LogP) is 3.27. The zero-order valence-electron chi connectivity index (χ0n) is 11.9. The summed E-state index contributed by atoms with van der Waals surface area (Å²) in [6, 6.07) is 13.9. The molecule has 1 amide bonds. The molecule has 0 spiro atoms. The summed E-state index contributed by atoms with van der Waals surface area (Å²) in [4.78, 5) is 12.0. The molecule has 22 heavy (non-hydrogen) atoms. The standard InChI is InChI=1S/C16H14ClN3O2/c1-22-15-7-6-12(17)8-14(15)19-10-16(21)20-13-5-3-2-4-11(13)9-18/h2-8,19H,10H2,1H3,(H,20,21). The zero-order chi connectivity index (χ0) is 15.9. The van der Waals surface area contributed by atoms with Gasteiger partial charge in [-0.3, -0.25) is 4.79 Å². The van der Waals surface area contributed by atoms with Crippen molar-refractivity contribution in [3.8, 4) is 11.8 Å². The first kappa shape index (κ1) is 15.7. The molecule has 0 aliphatic carbocycles. The summed E-state index contributed by atoms with van der Waals surface area (Å²) in [5, 5.41) is 15.2. The van der Waals surface area contributed by atoms with Crippen molar-refractivity contribution in [2.45, 2.75) is 0 Å². The number of carbonyl (C=O) groups excluding carboxylic acids is 1. The Kier molecular flexibility index (Phi) is 5.23. The molecular weight excluding hydrogens is 302 g/mol. The van der Waals surface area contributed by atoms with Crippen LogP contribution in [-0.4, -0.2) is 19.6 Å². The monoisotopic (exact) mass is 315 g/mol. The number of hydrogen-bond acceptors (Lipinski definition) is 4. The first-order valence-corrected chi connectivity index (χ1v) is 6.88. The minimum Gasteiger partial charge on any atom is -0.495 e. The van der Waals surface area contributed by atoms with E-state index in [1.165, 1.54) is 7.11 Å². The number of rotatable bonds is 5. The summed E-state index contributed by atoms with van der Waals surface area (Å²) < 4.78 is 5.19. The highest BCUT2D eigenvalue weighted by Crippen LogP contribution is 2.27. The lowest BCUT2D eigenvalue weighted by Gasteiger charge is -2.12. The van der Waals surface area contributed by atoms with Crippen LogP contribution >= 0.6 is 11.6 Å². The third-order valence-corrected chi connectivity index (χ3v) is 3.16. The van der Waals surface area contributed by atoms with Crippen LogP contribution in [0.15, 0.2) is 42.5 Å². The van der Waals surface area contributed by atoms with Crippen molar-refractivity contribution in [3.05, 3.63) is 53.1 Å². The van der Waals surface area contributed by atoms with Gasteiger partial charge >= 0.3 is 0 Å². The Hall–Kier alpha value is -2.71. The molecule has 0 aliphatic heterocycles. The van der Waals surface area contributed by atoms with Crippen LogP contribution in [0, 0.1) is 11.3 Å². The number of nitrogens with one attached hydrogen (secondary N) is 2. The van der Waals surface area contributed by atoms with Crippen LogP contribution in [0.4, 0.5) is 11.4 Å². The summed E-state index contributed by atoms with van der Waals surface area (Å²) in [6.07, 6.45) is 0. The molecule has 2 N–H and O–H groups in total. The van der Waals surface area contributed by atoms with Crippen LogP contribution in [-0.2, 0) is 4.79 Å². The molecule has 5 nitrogen and oxygen atoms in total. The molecular formula is C16H14ClN3O2. The van der Waals surface area contributed by atoms with E-state index in [9.17, 15) is 4.79 Å². The van der Waals surface area contributed by atoms with Gasteiger partial charge in [-0.15, -0.1) is 0 Å². The molecule has 0 heterocycles. The first-order valence-electron chi connectivity index (χ1n) is 6.50. The van der Waals surface area contributed by atoms with Crippen LogP contribution in [0.2, 0.25) is 5.02 Å². The Morgan fingerprint density at radius 2 is 2.05 bits per heavy atom. The second-order valence-electron chi connectivity index (χ2n) is 4.40. The molecule has 0 radical (unpaired) electrons. The van der Waals surface area contributed by atoms with E-state index in [2.05, 4.69) is 10.6 Å². The number of halogens is 1. The van der Waals surface area contributed by atoms with Gasteiger partial charge in [0.15, 0.2) is 0 Å². The van der Waals surface area contributed by atoms with Crippen molar-refractivity contribution in [2.24, 2.45) is 0 Å². The third kappa shape index (κ3) is 3.90. The first-order chi connectivity index (χ1) is 10.6. The van der Waals surface area contributed by atoms with E-state index < -0.39 is 0 Å². The van der Waals surface area contributed by atoms with Gasteiger partial charge < -0.3 is 15.4 Å². The fraction of sp³-hybridized carbons (Fsp3) is 0.125. The number of ether oxygens (including phenoxy) is 1. The molecule has 0 aromatic heterocycles. The Morgan fingerprint density at radius 3 is 2.77 bits per heavy atom. The normalized spacial score (nSPS) is 9.68. The quantitative estimate of drug-likeness (QED) is 0.888. The van der Waals surface area contributed by atoms with Crippen molar-refractivity contribution in [3.63, 3.8) is 0 Å². The molecule has 2 aromatic carbocycles. The average molecular weight is 316 g/mol. The van der Waals surface area contributed by atoms with Gasteiger partial charge in [-0.2, -0.15) is 5.26 Å². The molecule has 6 heteroatoms. The number of para-hydroxylation sites is 1. The van der Waals surface area contributed by atoms with E-state index in [-0.39, 0.29) is 12.5 Å². The topological polar surface area (TPSA) is 74.2 Å². The number of nitrogens with zero attached hydrogens (tertiary/aromatic N) is 1. The van der Waals surface area contributed by atoms with Gasteiger partial charge in [-0.25, -0.2) is 0 Å². The lowest BCUT2D eigenvalue weighted by atomic mass is 10.2. The number of anilines is 2. The Bertz CT molecular complexity index is 726.